The molecule has 2 nitrogen and oxygen atoms in total. The molecule has 1 unspecified atom stereocenters. The monoisotopic (exact) mass is 258 g/mol. The Morgan fingerprint density at radius 1 is 1.10 bits per heavy atom. The van der Waals surface area contributed by atoms with Crippen molar-refractivity contribution in [2.24, 2.45) is 0 Å². The van der Waals surface area contributed by atoms with Gasteiger partial charge in [-0.3, -0.25) is 0 Å². The minimum Gasteiger partial charge on any atom is -0.396 e. The summed E-state index contributed by atoms with van der Waals surface area (Å²) in [6.45, 7) is 0.298. The molecule has 10 heavy (non-hydrogen) atoms. The third-order valence-corrected chi connectivity index (χ3v) is 1.97. The standard InChI is InChI=1S/C7H15IO2/c8-7(10)5-3-1-2-4-6-9/h7,9-10H,1-6H2. The van der Waals surface area contributed by atoms with Crippen molar-refractivity contribution in [3.8, 4) is 0 Å². The predicted octanol–water partition coefficient (Wildman–Crippen LogP) is 1.68. The second kappa shape index (κ2) is 7.75. The summed E-state index contributed by atoms with van der Waals surface area (Å²) in [7, 11) is 0. The number of alkyl halides is 1. The van der Waals surface area contributed by atoms with Crippen LogP contribution in [0.1, 0.15) is 32.1 Å². The van der Waals surface area contributed by atoms with Gasteiger partial charge in [0.2, 0.25) is 0 Å². The molecule has 1 atom stereocenters. The van der Waals surface area contributed by atoms with Crippen molar-refractivity contribution in [3.63, 3.8) is 0 Å². The smallest absolute Gasteiger partial charge is 0.105 e. The summed E-state index contributed by atoms with van der Waals surface area (Å²) in [4.78, 5) is 0. The maximum absolute atomic E-state index is 8.85. The molecular formula is C7H15IO2. The van der Waals surface area contributed by atoms with Crippen molar-refractivity contribution in [2.75, 3.05) is 6.61 Å². The van der Waals surface area contributed by atoms with E-state index in [0.717, 1.165) is 32.1 Å². The summed E-state index contributed by atoms with van der Waals surface area (Å²) in [6.07, 6.45) is 5.06. The van der Waals surface area contributed by atoms with Gasteiger partial charge in [0, 0.05) is 6.61 Å². The van der Waals surface area contributed by atoms with Gasteiger partial charge < -0.3 is 10.2 Å². The molecule has 0 amide bonds. The Bertz CT molecular complexity index is 66.6. The minimum atomic E-state index is -0.188. The zero-order valence-corrected chi connectivity index (χ0v) is 8.25. The van der Waals surface area contributed by atoms with Gasteiger partial charge in [0.1, 0.15) is 4.11 Å². The molecule has 0 heterocycles. The average Bonchev–Trinajstić information content (AvgIpc) is 1.87. The molecule has 62 valence electrons. The van der Waals surface area contributed by atoms with E-state index < -0.39 is 0 Å². The first kappa shape index (κ1) is 10.7. The fourth-order valence-electron chi connectivity index (χ4n) is 0.778. The Balaban J connectivity index is 2.77. The summed E-state index contributed by atoms with van der Waals surface area (Å²) in [5.41, 5.74) is 0. The van der Waals surface area contributed by atoms with Gasteiger partial charge in [0.15, 0.2) is 0 Å². The van der Waals surface area contributed by atoms with E-state index in [-0.39, 0.29) is 4.11 Å². The van der Waals surface area contributed by atoms with Gasteiger partial charge in [-0.2, -0.15) is 0 Å². The first-order valence-corrected chi connectivity index (χ1v) is 4.95. The largest absolute Gasteiger partial charge is 0.396 e. The summed E-state index contributed by atoms with van der Waals surface area (Å²) in [5, 5.41) is 17.3. The van der Waals surface area contributed by atoms with Crippen LogP contribution in [0.4, 0.5) is 0 Å². The zero-order valence-electron chi connectivity index (χ0n) is 6.09. The Morgan fingerprint density at radius 2 is 1.70 bits per heavy atom. The lowest BCUT2D eigenvalue weighted by Crippen LogP contribution is -1.93. The Labute approximate surface area is 75.8 Å². The van der Waals surface area contributed by atoms with E-state index in [4.69, 9.17) is 10.2 Å². The molecule has 2 N–H and O–H groups in total. The van der Waals surface area contributed by atoms with E-state index in [1.807, 2.05) is 22.6 Å². The van der Waals surface area contributed by atoms with Crippen molar-refractivity contribution in [1.82, 2.24) is 0 Å². The normalized spacial score (nSPS) is 13.5. The molecule has 0 radical (unpaired) electrons. The van der Waals surface area contributed by atoms with Gasteiger partial charge in [-0.05, 0) is 12.8 Å². The van der Waals surface area contributed by atoms with E-state index in [2.05, 4.69) is 0 Å². The first-order valence-electron chi connectivity index (χ1n) is 3.70. The summed E-state index contributed by atoms with van der Waals surface area (Å²) in [5.74, 6) is 0. The van der Waals surface area contributed by atoms with Crippen LogP contribution in [0.2, 0.25) is 0 Å². The number of rotatable bonds is 6. The van der Waals surface area contributed by atoms with Crippen LogP contribution in [0.25, 0.3) is 0 Å². The van der Waals surface area contributed by atoms with Crippen molar-refractivity contribution >= 4 is 22.6 Å². The van der Waals surface area contributed by atoms with Crippen molar-refractivity contribution in [2.45, 2.75) is 36.2 Å². The molecule has 0 aliphatic carbocycles. The second-order valence-electron chi connectivity index (χ2n) is 2.36. The molecule has 0 aromatic rings. The Hall–Kier alpha value is 0.650. The number of halogens is 1. The molecule has 0 saturated heterocycles. The van der Waals surface area contributed by atoms with Crippen LogP contribution in [0.3, 0.4) is 0 Å². The highest BCUT2D eigenvalue weighted by molar-refractivity contribution is 14.1. The fourth-order valence-corrected chi connectivity index (χ4v) is 1.22. The maximum atomic E-state index is 8.85. The molecular weight excluding hydrogens is 243 g/mol. The number of aliphatic hydroxyl groups excluding tert-OH is 2. The van der Waals surface area contributed by atoms with E-state index in [1.165, 1.54) is 0 Å². The van der Waals surface area contributed by atoms with E-state index in [9.17, 15) is 0 Å². The van der Waals surface area contributed by atoms with Gasteiger partial charge in [-0.15, -0.1) is 0 Å². The number of unbranched alkanes of at least 4 members (excludes halogenated alkanes) is 3. The maximum Gasteiger partial charge on any atom is 0.105 e. The lowest BCUT2D eigenvalue weighted by atomic mass is 10.1. The molecule has 0 bridgehead atoms. The molecule has 0 rings (SSSR count). The third-order valence-electron chi connectivity index (χ3n) is 1.35. The molecule has 3 heteroatoms. The fraction of sp³-hybridized carbons (Fsp3) is 1.00. The molecule has 0 fully saturated rings. The van der Waals surface area contributed by atoms with Crippen LogP contribution in [0, 0.1) is 0 Å². The first-order chi connectivity index (χ1) is 4.77. The van der Waals surface area contributed by atoms with Crippen LogP contribution >= 0.6 is 22.6 Å². The van der Waals surface area contributed by atoms with Gasteiger partial charge in [0.25, 0.3) is 0 Å². The van der Waals surface area contributed by atoms with Crippen LogP contribution in [-0.4, -0.2) is 20.9 Å². The molecule has 0 aromatic heterocycles. The topological polar surface area (TPSA) is 40.5 Å². The summed E-state index contributed by atoms with van der Waals surface area (Å²) < 4.78 is -0.188. The number of hydrogen-bond acceptors (Lipinski definition) is 2. The average molecular weight is 258 g/mol. The summed E-state index contributed by atoms with van der Waals surface area (Å²) >= 11 is 2.01. The quantitative estimate of drug-likeness (QED) is 0.432. The van der Waals surface area contributed by atoms with Crippen LogP contribution in [0.15, 0.2) is 0 Å². The Kier molecular flexibility index (Phi) is 8.26. The second-order valence-corrected chi connectivity index (χ2v) is 3.80. The number of aliphatic hydroxyl groups is 2. The van der Waals surface area contributed by atoms with E-state index in [1.54, 1.807) is 0 Å². The third kappa shape index (κ3) is 8.65. The summed E-state index contributed by atoms with van der Waals surface area (Å²) in [6, 6.07) is 0. The van der Waals surface area contributed by atoms with E-state index >= 15 is 0 Å². The minimum absolute atomic E-state index is 0.188. The predicted molar refractivity (Wildman–Crippen MR) is 50.2 cm³/mol. The molecule has 0 aromatic carbocycles. The highest BCUT2D eigenvalue weighted by atomic mass is 127. The molecule has 0 saturated carbocycles. The van der Waals surface area contributed by atoms with Crippen LogP contribution in [-0.2, 0) is 0 Å². The van der Waals surface area contributed by atoms with Crippen molar-refractivity contribution in [1.29, 1.82) is 0 Å². The van der Waals surface area contributed by atoms with Crippen LogP contribution in [0.5, 0.6) is 0 Å². The molecule has 0 aliphatic heterocycles. The lowest BCUT2D eigenvalue weighted by molar-refractivity contribution is 0.258. The van der Waals surface area contributed by atoms with Gasteiger partial charge >= 0.3 is 0 Å². The Morgan fingerprint density at radius 3 is 2.20 bits per heavy atom. The zero-order chi connectivity index (χ0) is 7.82. The van der Waals surface area contributed by atoms with Gasteiger partial charge in [0.05, 0.1) is 0 Å². The highest BCUT2D eigenvalue weighted by Crippen LogP contribution is 2.09. The SMILES string of the molecule is OCCCCCCC(O)I. The number of hydrogen-bond donors (Lipinski definition) is 2. The van der Waals surface area contributed by atoms with Crippen LogP contribution < -0.4 is 0 Å². The van der Waals surface area contributed by atoms with Gasteiger partial charge in [-0.1, -0.05) is 41.9 Å². The van der Waals surface area contributed by atoms with Crippen molar-refractivity contribution in [3.05, 3.63) is 0 Å². The molecule has 0 aliphatic rings. The highest BCUT2D eigenvalue weighted by Gasteiger charge is 1.95. The van der Waals surface area contributed by atoms with E-state index in [0.29, 0.717) is 6.61 Å². The van der Waals surface area contributed by atoms with Gasteiger partial charge in [-0.25, -0.2) is 0 Å². The lowest BCUT2D eigenvalue weighted by Gasteiger charge is -2.00. The molecule has 0 spiro atoms. The van der Waals surface area contributed by atoms with Crippen molar-refractivity contribution < 1.29 is 10.2 Å².